The van der Waals surface area contributed by atoms with Gasteiger partial charge in [0.1, 0.15) is 6.04 Å². The zero-order valence-corrected chi connectivity index (χ0v) is 11.9. The fourth-order valence-corrected chi connectivity index (χ4v) is 1.71. The number of carbonyl (C=O) groups is 2. The zero-order valence-electron chi connectivity index (χ0n) is 11.9. The molecule has 0 radical (unpaired) electrons. The van der Waals surface area contributed by atoms with Crippen LogP contribution in [0.25, 0.3) is 0 Å². The smallest absolute Gasteiger partial charge is 0.326 e. The number of rotatable bonds is 7. The van der Waals surface area contributed by atoms with Crippen LogP contribution >= 0.6 is 0 Å². The third-order valence-electron chi connectivity index (χ3n) is 2.33. The molecule has 0 saturated carbocycles. The van der Waals surface area contributed by atoms with Crippen molar-refractivity contribution in [2.24, 2.45) is 5.92 Å². The maximum absolute atomic E-state index is 11.6. The number of hydrogen-bond acceptors (Lipinski definition) is 3. The molecule has 0 rings (SSSR count). The number of hydrogen-bond donors (Lipinski definition) is 3. The first-order chi connectivity index (χ1) is 8.22. The van der Waals surface area contributed by atoms with Crippen molar-refractivity contribution in [3.63, 3.8) is 0 Å². The van der Waals surface area contributed by atoms with Crippen molar-refractivity contribution in [3.05, 3.63) is 0 Å². The molecule has 0 bridgehead atoms. The highest BCUT2D eigenvalue weighted by molar-refractivity contribution is 5.82. The molecule has 18 heavy (non-hydrogen) atoms. The fourth-order valence-electron chi connectivity index (χ4n) is 1.71. The van der Waals surface area contributed by atoms with Gasteiger partial charge in [-0.15, -0.1) is 0 Å². The minimum atomic E-state index is -1.00. The highest BCUT2D eigenvalue weighted by Crippen LogP contribution is 2.04. The van der Waals surface area contributed by atoms with Gasteiger partial charge in [-0.25, -0.2) is 9.59 Å². The number of urea groups is 1. The average molecular weight is 259 g/mol. The molecular formula is C12H25N3O3. The van der Waals surface area contributed by atoms with Gasteiger partial charge in [-0.05, 0) is 33.4 Å². The SMILES string of the molecule is CC(C)C[C@H](NC(=O)NC(C)CN(C)C)C(=O)O. The van der Waals surface area contributed by atoms with Gasteiger partial charge in [-0.2, -0.15) is 0 Å². The van der Waals surface area contributed by atoms with Crippen molar-refractivity contribution in [2.75, 3.05) is 20.6 Å². The Balaban J connectivity index is 4.21. The molecule has 106 valence electrons. The van der Waals surface area contributed by atoms with Crippen molar-refractivity contribution in [1.29, 1.82) is 0 Å². The van der Waals surface area contributed by atoms with Crippen LogP contribution in [0.2, 0.25) is 0 Å². The van der Waals surface area contributed by atoms with E-state index in [1.165, 1.54) is 0 Å². The second-order valence-corrected chi connectivity index (χ2v) is 5.30. The minimum absolute atomic E-state index is 0.0338. The van der Waals surface area contributed by atoms with Crippen molar-refractivity contribution >= 4 is 12.0 Å². The number of nitrogens with zero attached hydrogens (tertiary/aromatic N) is 1. The molecule has 1 unspecified atom stereocenters. The Morgan fingerprint density at radius 1 is 1.17 bits per heavy atom. The number of carbonyl (C=O) groups excluding carboxylic acids is 1. The lowest BCUT2D eigenvalue weighted by Gasteiger charge is -2.21. The molecule has 6 heteroatoms. The van der Waals surface area contributed by atoms with E-state index in [0.29, 0.717) is 13.0 Å². The summed E-state index contributed by atoms with van der Waals surface area (Å²) in [5.41, 5.74) is 0. The van der Waals surface area contributed by atoms with E-state index in [1.54, 1.807) is 0 Å². The van der Waals surface area contributed by atoms with E-state index in [-0.39, 0.29) is 12.0 Å². The first-order valence-electron chi connectivity index (χ1n) is 6.17. The topological polar surface area (TPSA) is 81.7 Å². The summed E-state index contributed by atoms with van der Waals surface area (Å²) in [6.45, 7) is 6.42. The van der Waals surface area contributed by atoms with Crippen LogP contribution in [0, 0.1) is 5.92 Å². The van der Waals surface area contributed by atoms with Gasteiger partial charge in [0.25, 0.3) is 0 Å². The third-order valence-corrected chi connectivity index (χ3v) is 2.33. The molecule has 3 N–H and O–H groups in total. The van der Waals surface area contributed by atoms with Crippen LogP contribution in [-0.4, -0.2) is 54.7 Å². The average Bonchev–Trinajstić information content (AvgIpc) is 2.13. The van der Waals surface area contributed by atoms with Crippen LogP contribution in [0.15, 0.2) is 0 Å². The Kier molecular flexibility index (Phi) is 7.35. The number of nitrogens with one attached hydrogen (secondary N) is 2. The Hall–Kier alpha value is -1.30. The van der Waals surface area contributed by atoms with Crippen molar-refractivity contribution in [2.45, 2.75) is 39.3 Å². The summed E-state index contributed by atoms with van der Waals surface area (Å²) in [7, 11) is 3.82. The van der Waals surface area contributed by atoms with Gasteiger partial charge in [-0.3, -0.25) is 0 Å². The second-order valence-electron chi connectivity index (χ2n) is 5.30. The minimum Gasteiger partial charge on any atom is -0.480 e. The van der Waals surface area contributed by atoms with Crippen LogP contribution in [0.5, 0.6) is 0 Å². The molecule has 2 amide bonds. The summed E-state index contributed by atoms with van der Waals surface area (Å²) in [5.74, 6) is -0.787. The Labute approximate surface area is 109 Å². The molecule has 6 nitrogen and oxygen atoms in total. The number of carboxylic acids is 1. The van der Waals surface area contributed by atoms with Crippen molar-refractivity contribution in [1.82, 2.24) is 15.5 Å². The lowest BCUT2D eigenvalue weighted by molar-refractivity contribution is -0.139. The highest BCUT2D eigenvalue weighted by atomic mass is 16.4. The van der Waals surface area contributed by atoms with Gasteiger partial charge in [0.05, 0.1) is 0 Å². The zero-order chi connectivity index (χ0) is 14.3. The fraction of sp³-hybridized carbons (Fsp3) is 0.833. The third kappa shape index (κ3) is 7.89. The van der Waals surface area contributed by atoms with Gasteiger partial charge in [0, 0.05) is 12.6 Å². The van der Waals surface area contributed by atoms with Gasteiger partial charge in [0.2, 0.25) is 0 Å². The molecule has 0 aromatic rings. The van der Waals surface area contributed by atoms with E-state index in [1.807, 2.05) is 39.8 Å². The van der Waals surface area contributed by atoms with Crippen LogP contribution in [0.3, 0.4) is 0 Å². The molecule has 0 aromatic carbocycles. The van der Waals surface area contributed by atoms with E-state index >= 15 is 0 Å². The van der Waals surface area contributed by atoms with Crippen molar-refractivity contribution < 1.29 is 14.7 Å². The lowest BCUT2D eigenvalue weighted by Crippen LogP contribution is -2.50. The molecule has 0 saturated heterocycles. The van der Waals surface area contributed by atoms with Gasteiger partial charge >= 0.3 is 12.0 Å². The number of amides is 2. The Bertz CT molecular complexity index is 280. The summed E-state index contributed by atoms with van der Waals surface area (Å²) < 4.78 is 0. The Morgan fingerprint density at radius 2 is 1.72 bits per heavy atom. The van der Waals surface area contributed by atoms with Crippen LogP contribution in [-0.2, 0) is 4.79 Å². The van der Waals surface area contributed by atoms with E-state index in [4.69, 9.17) is 5.11 Å². The molecule has 0 heterocycles. The number of aliphatic carboxylic acids is 1. The first-order valence-corrected chi connectivity index (χ1v) is 6.17. The standard InChI is InChI=1S/C12H25N3O3/c1-8(2)6-10(11(16)17)14-12(18)13-9(3)7-15(4)5/h8-10H,6-7H2,1-5H3,(H,16,17)(H2,13,14,18)/t9?,10-/m0/s1. The van der Waals surface area contributed by atoms with E-state index in [0.717, 1.165) is 0 Å². The van der Waals surface area contributed by atoms with Gasteiger partial charge in [0.15, 0.2) is 0 Å². The molecule has 0 aromatic heterocycles. The number of carboxylic acid groups (broad SMARTS) is 1. The molecule has 0 aliphatic carbocycles. The maximum atomic E-state index is 11.6. The monoisotopic (exact) mass is 259 g/mol. The van der Waals surface area contributed by atoms with E-state index in [2.05, 4.69) is 10.6 Å². The predicted molar refractivity (Wildman–Crippen MR) is 70.6 cm³/mol. The van der Waals surface area contributed by atoms with Crippen LogP contribution in [0.1, 0.15) is 27.2 Å². The van der Waals surface area contributed by atoms with Gasteiger partial charge in [-0.1, -0.05) is 13.8 Å². The molecular weight excluding hydrogens is 234 g/mol. The Morgan fingerprint density at radius 3 is 2.11 bits per heavy atom. The summed E-state index contributed by atoms with van der Waals surface area (Å²) in [4.78, 5) is 24.6. The van der Waals surface area contributed by atoms with Gasteiger partial charge < -0.3 is 20.6 Å². The second kappa shape index (κ2) is 7.92. The van der Waals surface area contributed by atoms with Crippen LogP contribution in [0.4, 0.5) is 4.79 Å². The maximum Gasteiger partial charge on any atom is 0.326 e. The summed E-state index contributed by atoms with van der Waals surface area (Å²) in [6.07, 6.45) is 0.421. The quantitative estimate of drug-likeness (QED) is 0.629. The first kappa shape index (κ1) is 16.7. The number of likely N-dealkylation sites (N-methyl/N-ethyl adjacent to an activating group) is 1. The normalized spacial score (nSPS) is 14.4. The molecule has 2 atom stereocenters. The van der Waals surface area contributed by atoms with E-state index < -0.39 is 18.0 Å². The molecule has 0 fully saturated rings. The molecule has 0 aliphatic rings. The van der Waals surface area contributed by atoms with Crippen LogP contribution < -0.4 is 10.6 Å². The molecule has 0 spiro atoms. The largest absolute Gasteiger partial charge is 0.480 e. The summed E-state index contributed by atoms with van der Waals surface area (Å²) in [6, 6.07) is -1.30. The van der Waals surface area contributed by atoms with E-state index in [9.17, 15) is 9.59 Å². The summed E-state index contributed by atoms with van der Waals surface area (Å²) >= 11 is 0. The lowest BCUT2D eigenvalue weighted by atomic mass is 10.0. The summed E-state index contributed by atoms with van der Waals surface area (Å²) in [5, 5.41) is 14.2. The van der Waals surface area contributed by atoms with Crippen molar-refractivity contribution in [3.8, 4) is 0 Å². The predicted octanol–water partition coefficient (Wildman–Crippen LogP) is 0.735. The molecule has 0 aliphatic heterocycles. The highest BCUT2D eigenvalue weighted by Gasteiger charge is 2.21.